The molecule has 0 saturated heterocycles. The Bertz CT molecular complexity index is 2930. The second kappa shape index (κ2) is 13.5. The van der Waals surface area contributed by atoms with Gasteiger partial charge in [0.25, 0.3) is 0 Å². The minimum Gasteiger partial charge on any atom is -0.313 e. The van der Waals surface area contributed by atoms with Crippen LogP contribution in [-0.4, -0.2) is 4.57 Å². The van der Waals surface area contributed by atoms with Crippen LogP contribution in [0.15, 0.2) is 182 Å². The van der Waals surface area contributed by atoms with Crippen LogP contribution < -0.4 is 4.90 Å². The molecule has 0 fully saturated rings. The number of rotatable bonds is 7. The number of aromatic nitrogens is 1. The second-order valence-corrected chi connectivity index (χ2v) is 16.8. The molecular formula is C56H46N2. The number of hydrogen-bond donors (Lipinski definition) is 0. The first-order valence-corrected chi connectivity index (χ1v) is 20.8. The third kappa shape index (κ3) is 5.39. The molecule has 0 bridgehead atoms. The van der Waals surface area contributed by atoms with Gasteiger partial charge in [0.2, 0.25) is 0 Å². The topological polar surface area (TPSA) is 8.17 Å². The van der Waals surface area contributed by atoms with Crippen molar-refractivity contribution in [1.82, 2.24) is 4.57 Å². The van der Waals surface area contributed by atoms with Crippen molar-refractivity contribution in [3.63, 3.8) is 0 Å². The van der Waals surface area contributed by atoms with E-state index in [0.717, 1.165) is 25.7 Å². The number of para-hydroxylation sites is 2. The van der Waals surface area contributed by atoms with Crippen molar-refractivity contribution in [2.24, 2.45) is 0 Å². The summed E-state index contributed by atoms with van der Waals surface area (Å²) in [7, 11) is 0. The van der Waals surface area contributed by atoms with Crippen LogP contribution in [-0.2, 0) is 18.3 Å². The minimum absolute atomic E-state index is 0.0353. The fourth-order valence-electron chi connectivity index (χ4n) is 10.3. The third-order valence-electron chi connectivity index (χ3n) is 13.2. The Morgan fingerprint density at radius 3 is 2.26 bits per heavy atom. The molecule has 0 N–H and O–H groups in total. The molecule has 3 aliphatic carbocycles. The van der Waals surface area contributed by atoms with Gasteiger partial charge in [-0.2, -0.15) is 0 Å². The Labute approximate surface area is 342 Å². The summed E-state index contributed by atoms with van der Waals surface area (Å²) in [5.74, 6) is 0.244. The van der Waals surface area contributed by atoms with Crippen LogP contribution in [0.25, 0.3) is 50.5 Å². The van der Waals surface area contributed by atoms with E-state index in [-0.39, 0.29) is 11.3 Å². The highest BCUT2D eigenvalue weighted by atomic mass is 15.2. The Kier molecular flexibility index (Phi) is 8.05. The standard InChI is InChI=1S/C56H46N2/c1-4-5-8-15-37-22-27-50-45(32-37)46-33-38(23-28-51(46)56(50,2)3)40-25-30-54-48(35-40)49-36-41(26-31-55(49)58(54)43-18-11-7-12-19-43)39-24-29-53-47(34-39)44-20-13-14-21-52(44)57(53)42-16-9-6-10-17-42/h4-13,16-20,22-34,36,48H,1,14-15,21,35H2,2-3H3/b8-5-. The molecule has 280 valence electrons. The largest absolute Gasteiger partial charge is 0.313 e. The summed E-state index contributed by atoms with van der Waals surface area (Å²) in [6.45, 7) is 8.60. The lowest BCUT2D eigenvalue weighted by Crippen LogP contribution is -2.16. The molecule has 11 rings (SSSR count). The van der Waals surface area contributed by atoms with Crippen molar-refractivity contribution < 1.29 is 0 Å². The molecular weight excluding hydrogens is 701 g/mol. The summed E-state index contributed by atoms with van der Waals surface area (Å²) in [4.78, 5) is 2.49. The number of allylic oxidation sites excluding steroid dienone is 8. The Morgan fingerprint density at radius 2 is 1.45 bits per heavy atom. The molecule has 1 atom stereocenters. The van der Waals surface area contributed by atoms with Crippen LogP contribution in [0.3, 0.4) is 0 Å². The van der Waals surface area contributed by atoms with Crippen molar-refractivity contribution in [3.8, 4) is 27.9 Å². The van der Waals surface area contributed by atoms with Crippen molar-refractivity contribution in [2.45, 2.75) is 50.9 Å². The summed E-state index contributed by atoms with van der Waals surface area (Å²) < 4.78 is 2.48. The lowest BCUT2D eigenvalue weighted by Gasteiger charge is -2.26. The zero-order valence-electron chi connectivity index (χ0n) is 33.3. The Balaban J connectivity index is 0.994. The van der Waals surface area contributed by atoms with Gasteiger partial charge >= 0.3 is 0 Å². The van der Waals surface area contributed by atoms with Gasteiger partial charge in [-0.25, -0.2) is 0 Å². The number of nitrogens with zero attached hydrogens (tertiary/aromatic N) is 2. The number of fused-ring (bicyclic) bond motifs is 9. The molecule has 0 radical (unpaired) electrons. The summed E-state index contributed by atoms with van der Waals surface area (Å²) in [5, 5.41) is 1.32. The van der Waals surface area contributed by atoms with Crippen LogP contribution in [0.2, 0.25) is 0 Å². The first kappa shape index (κ1) is 34.6. The summed E-state index contributed by atoms with van der Waals surface area (Å²) >= 11 is 0. The van der Waals surface area contributed by atoms with Crippen LogP contribution in [0, 0.1) is 0 Å². The van der Waals surface area contributed by atoms with E-state index in [9.17, 15) is 0 Å². The summed E-state index contributed by atoms with van der Waals surface area (Å²) in [6, 6.07) is 50.3. The van der Waals surface area contributed by atoms with Crippen LogP contribution >= 0.6 is 0 Å². The maximum atomic E-state index is 3.85. The highest BCUT2D eigenvalue weighted by Crippen LogP contribution is 2.55. The average molecular weight is 747 g/mol. The first-order valence-electron chi connectivity index (χ1n) is 20.8. The summed E-state index contributed by atoms with van der Waals surface area (Å²) in [5.41, 5.74) is 22.6. The predicted octanol–water partition coefficient (Wildman–Crippen LogP) is 14.5. The number of anilines is 2. The fourth-order valence-corrected chi connectivity index (χ4v) is 10.3. The van der Waals surface area contributed by atoms with Gasteiger partial charge in [0.15, 0.2) is 0 Å². The van der Waals surface area contributed by atoms with E-state index < -0.39 is 0 Å². The Hall–Kier alpha value is -6.64. The van der Waals surface area contributed by atoms with Gasteiger partial charge in [0, 0.05) is 50.7 Å². The van der Waals surface area contributed by atoms with Crippen molar-refractivity contribution in [1.29, 1.82) is 0 Å². The van der Waals surface area contributed by atoms with Crippen LogP contribution in [0.4, 0.5) is 11.4 Å². The maximum absolute atomic E-state index is 3.85. The van der Waals surface area contributed by atoms with E-state index in [0.29, 0.717) is 0 Å². The highest BCUT2D eigenvalue weighted by Gasteiger charge is 2.39. The van der Waals surface area contributed by atoms with E-state index in [2.05, 4.69) is 194 Å². The van der Waals surface area contributed by atoms with E-state index in [1.807, 2.05) is 12.2 Å². The quantitative estimate of drug-likeness (QED) is 0.147. The predicted molar refractivity (Wildman–Crippen MR) is 245 cm³/mol. The van der Waals surface area contributed by atoms with Gasteiger partial charge in [-0.05, 0) is 142 Å². The maximum Gasteiger partial charge on any atom is 0.0538 e. The van der Waals surface area contributed by atoms with Crippen molar-refractivity contribution >= 4 is 33.9 Å². The molecule has 7 aromatic rings. The molecule has 1 unspecified atom stereocenters. The van der Waals surface area contributed by atoms with E-state index in [4.69, 9.17) is 0 Å². The molecule has 2 nitrogen and oxygen atoms in total. The smallest absolute Gasteiger partial charge is 0.0538 e. The molecule has 0 saturated carbocycles. The molecule has 4 aliphatic rings. The molecule has 2 heteroatoms. The third-order valence-corrected chi connectivity index (χ3v) is 13.2. The molecule has 1 aliphatic heterocycles. The lowest BCUT2D eigenvalue weighted by molar-refractivity contribution is 0.660. The molecule has 0 spiro atoms. The van der Waals surface area contributed by atoms with Gasteiger partial charge in [-0.3, -0.25) is 0 Å². The van der Waals surface area contributed by atoms with Gasteiger partial charge in [0.1, 0.15) is 0 Å². The van der Waals surface area contributed by atoms with E-state index >= 15 is 0 Å². The summed E-state index contributed by atoms with van der Waals surface area (Å²) in [6.07, 6.45) is 19.5. The molecule has 2 heterocycles. The molecule has 6 aromatic carbocycles. The second-order valence-electron chi connectivity index (χ2n) is 16.8. The molecule has 0 amide bonds. The minimum atomic E-state index is -0.0353. The zero-order valence-corrected chi connectivity index (χ0v) is 33.3. The van der Waals surface area contributed by atoms with Gasteiger partial charge in [0.05, 0.1) is 5.52 Å². The molecule has 1 aromatic heterocycles. The first-order chi connectivity index (χ1) is 28.5. The van der Waals surface area contributed by atoms with Gasteiger partial charge in [-0.15, -0.1) is 0 Å². The molecule has 58 heavy (non-hydrogen) atoms. The van der Waals surface area contributed by atoms with Crippen LogP contribution in [0.5, 0.6) is 0 Å². The van der Waals surface area contributed by atoms with Gasteiger partial charge < -0.3 is 9.47 Å². The SMILES string of the molecule is C=C/C=C\Cc1ccc2c(c1)-c1cc(C3=CC=C4C(C3)c3cc(-c5ccc6c(c5)c5c(n6-c6ccccc6)CCC=C5)ccc3N4c3ccccc3)ccc1C2(C)C. The fraction of sp³-hybridized carbons (Fsp3) is 0.143. The lowest BCUT2D eigenvalue weighted by atomic mass is 9.81. The van der Waals surface area contributed by atoms with Crippen molar-refractivity contribution in [3.05, 3.63) is 221 Å². The van der Waals surface area contributed by atoms with E-state index in [1.165, 1.54) is 101 Å². The average Bonchev–Trinajstić information content (AvgIpc) is 3.86. The monoisotopic (exact) mass is 746 g/mol. The number of benzene rings is 6. The number of hydrogen-bond acceptors (Lipinski definition) is 1. The van der Waals surface area contributed by atoms with E-state index in [1.54, 1.807) is 0 Å². The zero-order chi connectivity index (χ0) is 39.0. The van der Waals surface area contributed by atoms with Gasteiger partial charge in [-0.1, -0.05) is 136 Å². The normalized spacial score (nSPS) is 17.1. The van der Waals surface area contributed by atoms with Crippen molar-refractivity contribution in [2.75, 3.05) is 4.90 Å². The Morgan fingerprint density at radius 1 is 0.724 bits per heavy atom. The van der Waals surface area contributed by atoms with Crippen LogP contribution in [0.1, 0.15) is 71.7 Å². The highest BCUT2D eigenvalue weighted by molar-refractivity contribution is 5.97.